The van der Waals surface area contributed by atoms with Gasteiger partial charge in [0, 0.05) is 6.92 Å². The zero-order chi connectivity index (χ0) is 16.0. The summed E-state index contributed by atoms with van der Waals surface area (Å²) in [5.41, 5.74) is 0.846. The van der Waals surface area contributed by atoms with Crippen molar-refractivity contribution in [3.05, 3.63) is 35.4 Å². The lowest BCUT2D eigenvalue weighted by atomic mass is 10.2. The van der Waals surface area contributed by atoms with Crippen LogP contribution in [0.2, 0.25) is 0 Å². The van der Waals surface area contributed by atoms with E-state index in [1.807, 2.05) is 6.07 Å². The summed E-state index contributed by atoms with van der Waals surface area (Å²) in [5, 5.41) is 19.6. The van der Waals surface area contributed by atoms with Gasteiger partial charge >= 0.3 is 5.97 Å². The van der Waals surface area contributed by atoms with Crippen LogP contribution < -0.4 is 5.32 Å². The molecule has 1 atom stereocenters. The minimum absolute atomic E-state index is 0.359. The van der Waals surface area contributed by atoms with Crippen LogP contribution in [0.4, 0.5) is 0 Å². The van der Waals surface area contributed by atoms with Crippen LogP contribution >= 0.6 is 0 Å². The van der Waals surface area contributed by atoms with Crippen molar-refractivity contribution in [1.82, 2.24) is 5.32 Å². The first-order valence-electron chi connectivity index (χ1n) is 5.93. The minimum Gasteiger partial charge on any atom is -0.480 e. The molecular weight excluding hydrogens is 296 g/mol. The third-order valence-corrected chi connectivity index (χ3v) is 4.18. The Hall–Kier alpha value is -2.40. The van der Waals surface area contributed by atoms with E-state index in [1.54, 1.807) is 0 Å². The minimum atomic E-state index is -3.72. The molecule has 1 rings (SSSR count). The molecule has 0 aliphatic rings. The zero-order valence-corrected chi connectivity index (χ0v) is 12.1. The van der Waals surface area contributed by atoms with Crippen LogP contribution in [-0.2, 0) is 25.2 Å². The number of carbonyl (C=O) groups excluding carboxylic acids is 1. The Morgan fingerprint density at radius 2 is 1.90 bits per heavy atom. The van der Waals surface area contributed by atoms with Crippen LogP contribution in [0.25, 0.3) is 0 Å². The van der Waals surface area contributed by atoms with Crippen molar-refractivity contribution >= 4 is 21.7 Å². The smallest absolute Gasteiger partial charge is 0.327 e. The van der Waals surface area contributed by atoms with Gasteiger partial charge in [-0.05, 0) is 17.7 Å². The molecule has 0 saturated carbocycles. The Morgan fingerprint density at radius 1 is 1.33 bits per heavy atom. The van der Waals surface area contributed by atoms with Crippen LogP contribution in [0.1, 0.15) is 18.1 Å². The Bertz CT molecular complexity index is 674. The number of nitrogens with zero attached hydrogens (tertiary/aromatic N) is 1. The predicted octanol–water partition coefficient (Wildman–Crippen LogP) is 0.0624. The van der Waals surface area contributed by atoms with Gasteiger partial charge in [0.2, 0.25) is 5.91 Å². The topological polar surface area (TPSA) is 124 Å². The molecule has 112 valence electrons. The number of amides is 1. The average Bonchev–Trinajstić information content (AvgIpc) is 2.37. The van der Waals surface area contributed by atoms with E-state index < -0.39 is 33.5 Å². The molecule has 0 aliphatic carbocycles. The number of sulfone groups is 1. The first kappa shape index (κ1) is 16.7. The molecule has 0 aliphatic heterocycles. The SMILES string of the molecule is CC(=O)NC(CS(=O)(=O)Cc1ccc(C#N)cc1)C(=O)O. The summed E-state index contributed by atoms with van der Waals surface area (Å²) >= 11 is 0. The van der Waals surface area contributed by atoms with Crippen molar-refractivity contribution in [2.24, 2.45) is 0 Å². The number of rotatable bonds is 6. The molecule has 0 aromatic heterocycles. The third-order valence-electron chi connectivity index (χ3n) is 2.57. The zero-order valence-electron chi connectivity index (χ0n) is 11.2. The lowest BCUT2D eigenvalue weighted by Gasteiger charge is -2.13. The molecule has 0 heterocycles. The molecule has 1 aromatic carbocycles. The van der Waals surface area contributed by atoms with Gasteiger partial charge in [-0.1, -0.05) is 12.1 Å². The molecule has 1 aromatic rings. The quantitative estimate of drug-likeness (QED) is 0.765. The maximum atomic E-state index is 12.0. The normalized spacial score (nSPS) is 12.2. The van der Waals surface area contributed by atoms with Gasteiger partial charge < -0.3 is 10.4 Å². The first-order valence-corrected chi connectivity index (χ1v) is 7.75. The fourth-order valence-electron chi connectivity index (χ4n) is 1.66. The van der Waals surface area contributed by atoms with Gasteiger partial charge in [0.05, 0.1) is 23.1 Å². The van der Waals surface area contributed by atoms with E-state index in [1.165, 1.54) is 24.3 Å². The van der Waals surface area contributed by atoms with E-state index in [9.17, 15) is 18.0 Å². The van der Waals surface area contributed by atoms with Crippen LogP contribution in [0, 0.1) is 11.3 Å². The second kappa shape index (κ2) is 6.85. The predicted molar refractivity (Wildman–Crippen MR) is 73.9 cm³/mol. The van der Waals surface area contributed by atoms with E-state index in [2.05, 4.69) is 5.32 Å². The van der Waals surface area contributed by atoms with Crippen LogP contribution in [0.15, 0.2) is 24.3 Å². The van der Waals surface area contributed by atoms with E-state index in [0.717, 1.165) is 6.92 Å². The Morgan fingerprint density at radius 3 is 2.33 bits per heavy atom. The number of carboxylic acids is 1. The number of carboxylic acid groups (broad SMARTS) is 1. The molecule has 0 radical (unpaired) electrons. The van der Waals surface area contributed by atoms with Gasteiger partial charge in [-0.15, -0.1) is 0 Å². The molecule has 0 fully saturated rings. The summed E-state index contributed by atoms with van der Waals surface area (Å²) in [5.74, 6) is -3.08. The summed E-state index contributed by atoms with van der Waals surface area (Å²) in [4.78, 5) is 21.8. The van der Waals surface area contributed by atoms with E-state index >= 15 is 0 Å². The van der Waals surface area contributed by atoms with Crippen molar-refractivity contribution in [2.45, 2.75) is 18.7 Å². The third kappa shape index (κ3) is 5.62. The van der Waals surface area contributed by atoms with Crippen LogP contribution in [-0.4, -0.2) is 37.2 Å². The number of benzene rings is 1. The second-order valence-electron chi connectivity index (χ2n) is 4.45. The molecule has 8 heteroatoms. The summed E-state index contributed by atoms with van der Waals surface area (Å²) in [6.07, 6.45) is 0. The number of nitrogens with one attached hydrogen (secondary N) is 1. The number of hydrogen-bond acceptors (Lipinski definition) is 5. The van der Waals surface area contributed by atoms with Crippen molar-refractivity contribution < 1.29 is 23.1 Å². The van der Waals surface area contributed by atoms with Crippen molar-refractivity contribution in [1.29, 1.82) is 5.26 Å². The van der Waals surface area contributed by atoms with Crippen molar-refractivity contribution in [3.8, 4) is 6.07 Å². The molecule has 21 heavy (non-hydrogen) atoms. The maximum absolute atomic E-state index is 12.0. The number of hydrogen-bond donors (Lipinski definition) is 2. The standard InChI is InChI=1S/C13H14N2O5S/c1-9(16)15-12(13(17)18)8-21(19,20)7-11-4-2-10(6-14)3-5-11/h2-5,12H,7-8H2,1H3,(H,15,16)(H,17,18). The van der Waals surface area contributed by atoms with E-state index in [0.29, 0.717) is 11.1 Å². The second-order valence-corrected chi connectivity index (χ2v) is 6.56. The van der Waals surface area contributed by atoms with Gasteiger partial charge in [-0.25, -0.2) is 13.2 Å². The van der Waals surface area contributed by atoms with Crippen LogP contribution in [0.3, 0.4) is 0 Å². The molecule has 1 amide bonds. The summed E-state index contributed by atoms with van der Waals surface area (Å²) in [6.45, 7) is 1.11. The first-order chi connectivity index (χ1) is 9.73. The summed E-state index contributed by atoms with van der Waals surface area (Å²) in [6, 6.07) is 6.37. The van der Waals surface area contributed by atoms with Gasteiger partial charge in [0.1, 0.15) is 6.04 Å². The van der Waals surface area contributed by atoms with Gasteiger partial charge in [0.25, 0.3) is 0 Å². The van der Waals surface area contributed by atoms with E-state index in [4.69, 9.17) is 10.4 Å². The number of aliphatic carboxylic acids is 1. The number of nitriles is 1. The molecule has 7 nitrogen and oxygen atoms in total. The molecular formula is C13H14N2O5S. The van der Waals surface area contributed by atoms with Crippen LogP contribution in [0.5, 0.6) is 0 Å². The Kier molecular flexibility index (Phi) is 5.44. The van der Waals surface area contributed by atoms with Crippen molar-refractivity contribution in [3.63, 3.8) is 0 Å². The summed E-state index contributed by atoms with van der Waals surface area (Å²) < 4.78 is 23.9. The highest BCUT2D eigenvalue weighted by atomic mass is 32.2. The summed E-state index contributed by atoms with van der Waals surface area (Å²) in [7, 11) is -3.72. The van der Waals surface area contributed by atoms with Gasteiger partial charge in [-0.2, -0.15) is 5.26 Å². The molecule has 2 N–H and O–H groups in total. The largest absolute Gasteiger partial charge is 0.480 e. The molecule has 0 spiro atoms. The van der Waals surface area contributed by atoms with E-state index in [-0.39, 0.29) is 5.75 Å². The Labute approximate surface area is 122 Å². The number of carbonyl (C=O) groups is 2. The fourth-order valence-corrected chi connectivity index (χ4v) is 3.21. The lowest BCUT2D eigenvalue weighted by Crippen LogP contribution is -2.44. The molecule has 1 unspecified atom stereocenters. The molecule has 0 bridgehead atoms. The van der Waals surface area contributed by atoms with Crippen molar-refractivity contribution in [2.75, 3.05) is 5.75 Å². The highest BCUT2D eigenvalue weighted by Gasteiger charge is 2.26. The average molecular weight is 310 g/mol. The highest BCUT2D eigenvalue weighted by molar-refractivity contribution is 7.90. The highest BCUT2D eigenvalue weighted by Crippen LogP contribution is 2.09. The van der Waals surface area contributed by atoms with Gasteiger partial charge in [-0.3, -0.25) is 4.79 Å². The maximum Gasteiger partial charge on any atom is 0.327 e. The molecule has 0 saturated heterocycles. The Balaban J connectivity index is 2.82. The van der Waals surface area contributed by atoms with Gasteiger partial charge in [0.15, 0.2) is 9.84 Å². The monoisotopic (exact) mass is 310 g/mol. The fraction of sp³-hybridized carbons (Fsp3) is 0.308. The lowest BCUT2D eigenvalue weighted by molar-refractivity contribution is -0.140.